The van der Waals surface area contributed by atoms with E-state index in [-0.39, 0.29) is 17.4 Å². The molecule has 1 N–H and O–H groups in total. The van der Waals surface area contributed by atoms with Crippen LogP contribution in [0.15, 0.2) is 48.9 Å². The van der Waals surface area contributed by atoms with Crippen LogP contribution in [0.2, 0.25) is 0 Å². The number of hydrogen-bond donors (Lipinski definition) is 1. The van der Waals surface area contributed by atoms with E-state index in [2.05, 4.69) is 20.6 Å². The van der Waals surface area contributed by atoms with Crippen LogP contribution in [0, 0.1) is 12.7 Å². The number of halogens is 1. The molecule has 0 aliphatic heterocycles. The predicted octanol–water partition coefficient (Wildman–Crippen LogP) is 2.04. The summed E-state index contributed by atoms with van der Waals surface area (Å²) in [6.07, 6.45) is 4.83. The molecular formula is C16H14FN5O. The van der Waals surface area contributed by atoms with Crippen molar-refractivity contribution in [2.24, 2.45) is 0 Å². The van der Waals surface area contributed by atoms with Gasteiger partial charge >= 0.3 is 0 Å². The molecule has 2 heterocycles. The van der Waals surface area contributed by atoms with Crippen LogP contribution < -0.4 is 5.32 Å². The van der Waals surface area contributed by atoms with Gasteiger partial charge in [0.05, 0.1) is 11.9 Å². The summed E-state index contributed by atoms with van der Waals surface area (Å²) in [4.78, 5) is 16.0. The zero-order valence-corrected chi connectivity index (χ0v) is 12.4. The van der Waals surface area contributed by atoms with Crippen LogP contribution >= 0.6 is 0 Å². The van der Waals surface area contributed by atoms with Gasteiger partial charge in [-0.3, -0.25) is 9.78 Å². The van der Waals surface area contributed by atoms with Crippen LogP contribution in [0.25, 0.3) is 5.69 Å². The van der Waals surface area contributed by atoms with Crippen LogP contribution in [0.4, 0.5) is 4.39 Å². The summed E-state index contributed by atoms with van der Waals surface area (Å²) in [6.45, 7) is 2.04. The van der Waals surface area contributed by atoms with Crippen LogP contribution in [0.5, 0.6) is 0 Å². The fourth-order valence-electron chi connectivity index (χ4n) is 2.04. The number of aromatic nitrogens is 4. The fourth-order valence-corrected chi connectivity index (χ4v) is 2.04. The maximum atomic E-state index is 13.3. The van der Waals surface area contributed by atoms with Gasteiger partial charge in [0, 0.05) is 18.9 Å². The summed E-state index contributed by atoms with van der Waals surface area (Å²) in [6, 6.07) is 8.21. The lowest BCUT2D eigenvalue weighted by molar-refractivity contribution is 0.0946. The lowest BCUT2D eigenvalue weighted by Crippen LogP contribution is -2.23. The van der Waals surface area contributed by atoms with Gasteiger partial charge < -0.3 is 5.32 Å². The van der Waals surface area contributed by atoms with Crippen LogP contribution in [-0.2, 0) is 6.54 Å². The van der Waals surface area contributed by atoms with Crippen molar-refractivity contribution in [3.63, 3.8) is 0 Å². The minimum Gasteiger partial charge on any atom is -0.347 e. The standard InChI is InChI=1S/C16H14FN5O/c1-11-8-13(2-3-14(11)17)22-10-15(20-21-22)16(23)19-9-12-4-6-18-7-5-12/h2-8,10H,9H2,1H3,(H,19,23). The molecule has 0 atom stereocenters. The van der Waals surface area contributed by atoms with Gasteiger partial charge in [0.25, 0.3) is 5.91 Å². The second-order valence-corrected chi connectivity index (χ2v) is 5.02. The molecule has 0 saturated carbocycles. The Labute approximate surface area is 132 Å². The number of hydrogen-bond acceptors (Lipinski definition) is 4. The van der Waals surface area contributed by atoms with E-state index in [0.29, 0.717) is 17.8 Å². The van der Waals surface area contributed by atoms with Crippen LogP contribution in [0.3, 0.4) is 0 Å². The molecule has 1 amide bonds. The van der Waals surface area contributed by atoms with Gasteiger partial charge in [-0.1, -0.05) is 5.21 Å². The average Bonchev–Trinajstić information content (AvgIpc) is 3.06. The van der Waals surface area contributed by atoms with Gasteiger partial charge in [-0.05, 0) is 48.4 Å². The van der Waals surface area contributed by atoms with Gasteiger partial charge in [0.1, 0.15) is 5.82 Å². The van der Waals surface area contributed by atoms with Crippen molar-refractivity contribution in [3.05, 3.63) is 71.6 Å². The highest BCUT2D eigenvalue weighted by molar-refractivity contribution is 5.91. The molecule has 1 aromatic carbocycles. The summed E-state index contributed by atoms with van der Waals surface area (Å²) in [7, 11) is 0. The SMILES string of the molecule is Cc1cc(-n2cc(C(=O)NCc3ccncc3)nn2)ccc1F. The molecule has 0 aliphatic carbocycles. The predicted molar refractivity (Wildman–Crippen MR) is 81.5 cm³/mol. The molecule has 3 aromatic rings. The van der Waals surface area contributed by atoms with Crippen molar-refractivity contribution < 1.29 is 9.18 Å². The quantitative estimate of drug-likeness (QED) is 0.800. The molecular weight excluding hydrogens is 297 g/mol. The second kappa shape index (κ2) is 6.35. The number of aryl methyl sites for hydroxylation is 1. The summed E-state index contributed by atoms with van der Waals surface area (Å²) < 4.78 is 14.7. The monoisotopic (exact) mass is 311 g/mol. The van der Waals surface area contributed by atoms with E-state index in [4.69, 9.17) is 0 Å². The van der Waals surface area contributed by atoms with Gasteiger partial charge in [-0.25, -0.2) is 9.07 Å². The molecule has 0 spiro atoms. The Morgan fingerprint density at radius 3 is 2.78 bits per heavy atom. The third kappa shape index (κ3) is 3.39. The zero-order chi connectivity index (χ0) is 16.2. The molecule has 2 aromatic heterocycles. The minimum atomic E-state index is -0.327. The van der Waals surface area contributed by atoms with E-state index >= 15 is 0 Å². The normalized spacial score (nSPS) is 10.5. The Morgan fingerprint density at radius 2 is 2.04 bits per heavy atom. The lowest BCUT2D eigenvalue weighted by Gasteiger charge is -2.03. The summed E-state index contributed by atoms with van der Waals surface area (Å²) in [5.74, 6) is -0.615. The molecule has 7 heteroatoms. The van der Waals surface area contributed by atoms with Crippen molar-refractivity contribution in [3.8, 4) is 5.69 Å². The van der Waals surface area contributed by atoms with Gasteiger partial charge in [-0.15, -0.1) is 5.10 Å². The number of nitrogens with one attached hydrogen (secondary N) is 1. The smallest absolute Gasteiger partial charge is 0.273 e. The Balaban J connectivity index is 1.71. The number of carbonyl (C=O) groups excluding carboxylic acids is 1. The van der Waals surface area contributed by atoms with Gasteiger partial charge in [0.15, 0.2) is 5.69 Å². The third-order valence-corrected chi connectivity index (χ3v) is 3.33. The first-order chi connectivity index (χ1) is 11.1. The van der Waals surface area contributed by atoms with Crippen molar-refractivity contribution in [2.75, 3.05) is 0 Å². The number of carbonyl (C=O) groups is 1. The molecule has 0 saturated heterocycles. The Hall–Kier alpha value is -3.09. The van der Waals surface area contributed by atoms with Crippen LogP contribution in [0.1, 0.15) is 21.6 Å². The molecule has 116 valence electrons. The molecule has 0 aliphatic rings. The fraction of sp³-hybridized carbons (Fsp3) is 0.125. The molecule has 0 bridgehead atoms. The van der Waals surface area contributed by atoms with E-state index in [1.165, 1.54) is 16.9 Å². The highest BCUT2D eigenvalue weighted by Gasteiger charge is 2.11. The average molecular weight is 311 g/mol. The topological polar surface area (TPSA) is 72.7 Å². The minimum absolute atomic E-state index is 0.195. The van der Waals surface area contributed by atoms with E-state index in [0.717, 1.165) is 5.56 Å². The second-order valence-electron chi connectivity index (χ2n) is 5.02. The summed E-state index contributed by atoms with van der Waals surface area (Å²) in [5, 5.41) is 10.5. The number of nitrogens with zero attached hydrogens (tertiary/aromatic N) is 4. The summed E-state index contributed by atoms with van der Waals surface area (Å²) in [5.41, 5.74) is 2.28. The van der Waals surface area contributed by atoms with E-state index in [1.54, 1.807) is 31.5 Å². The molecule has 23 heavy (non-hydrogen) atoms. The Morgan fingerprint density at radius 1 is 1.26 bits per heavy atom. The van der Waals surface area contributed by atoms with Crippen molar-refractivity contribution in [2.45, 2.75) is 13.5 Å². The molecule has 0 unspecified atom stereocenters. The molecule has 0 radical (unpaired) electrons. The zero-order valence-electron chi connectivity index (χ0n) is 12.4. The molecule has 3 rings (SSSR count). The van der Waals surface area contributed by atoms with E-state index in [9.17, 15) is 9.18 Å². The first-order valence-corrected chi connectivity index (χ1v) is 6.99. The summed E-state index contributed by atoms with van der Waals surface area (Å²) >= 11 is 0. The number of rotatable bonds is 4. The van der Waals surface area contributed by atoms with E-state index in [1.807, 2.05) is 12.1 Å². The molecule has 0 fully saturated rings. The first-order valence-electron chi connectivity index (χ1n) is 6.99. The third-order valence-electron chi connectivity index (χ3n) is 3.33. The Bertz CT molecular complexity index is 831. The highest BCUT2D eigenvalue weighted by atomic mass is 19.1. The largest absolute Gasteiger partial charge is 0.347 e. The van der Waals surface area contributed by atoms with Crippen molar-refractivity contribution in [1.82, 2.24) is 25.3 Å². The van der Waals surface area contributed by atoms with E-state index < -0.39 is 0 Å². The molecule has 6 nitrogen and oxygen atoms in total. The Kier molecular flexibility index (Phi) is 4.09. The van der Waals surface area contributed by atoms with Gasteiger partial charge in [0.2, 0.25) is 0 Å². The first kappa shape index (κ1) is 14.8. The maximum absolute atomic E-state index is 13.3. The van der Waals surface area contributed by atoms with Crippen molar-refractivity contribution >= 4 is 5.91 Å². The number of benzene rings is 1. The maximum Gasteiger partial charge on any atom is 0.273 e. The number of amides is 1. The van der Waals surface area contributed by atoms with Crippen LogP contribution in [-0.4, -0.2) is 25.9 Å². The lowest BCUT2D eigenvalue weighted by atomic mass is 10.2. The van der Waals surface area contributed by atoms with Gasteiger partial charge in [-0.2, -0.15) is 0 Å². The van der Waals surface area contributed by atoms with Crippen molar-refractivity contribution in [1.29, 1.82) is 0 Å². The number of pyridine rings is 1. The highest BCUT2D eigenvalue weighted by Crippen LogP contribution is 2.12.